The van der Waals surface area contributed by atoms with Gasteiger partial charge in [0, 0.05) is 35.1 Å². The molecule has 0 aliphatic rings. The fourth-order valence-corrected chi connectivity index (χ4v) is 2.89. The smallest absolute Gasteiger partial charge is 0.246 e. The lowest BCUT2D eigenvalue weighted by Crippen LogP contribution is -2.27. The largest absolute Gasteiger partial charge is 0.330 e. The number of carbonyl (C=O) groups excluding carboxylic acids is 1. The zero-order valence-corrected chi connectivity index (χ0v) is 11.8. The Balaban J connectivity index is 2.10. The van der Waals surface area contributed by atoms with E-state index in [2.05, 4.69) is 29.3 Å². The summed E-state index contributed by atoms with van der Waals surface area (Å²) in [6.07, 6.45) is 3.16. The summed E-state index contributed by atoms with van der Waals surface area (Å²) >= 11 is 3.10. The van der Waals surface area contributed by atoms with Crippen molar-refractivity contribution in [3.8, 4) is 0 Å². The highest BCUT2D eigenvalue weighted by Crippen LogP contribution is 2.17. The van der Waals surface area contributed by atoms with Gasteiger partial charge in [0.2, 0.25) is 5.91 Å². The summed E-state index contributed by atoms with van der Waals surface area (Å²) in [5.74, 6) is -0.0509. The molecule has 2 aromatic rings. The number of aryl methyl sites for hydroxylation is 1. The van der Waals surface area contributed by atoms with Crippen LogP contribution < -0.4 is 0 Å². The third kappa shape index (κ3) is 3.27. The van der Waals surface area contributed by atoms with E-state index in [1.165, 1.54) is 22.5 Å². The minimum Gasteiger partial charge on any atom is -0.330 e. The van der Waals surface area contributed by atoms with Gasteiger partial charge in [0.05, 0.1) is 0 Å². The molecule has 94 valence electrons. The maximum Gasteiger partial charge on any atom is 0.246 e. The van der Waals surface area contributed by atoms with Gasteiger partial charge in [-0.05, 0) is 41.5 Å². The van der Waals surface area contributed by atoms with E-state index in [1.807, 2.05) is 5.38 Å². The number of nitrogens with zero attached hydrogens (tertiary/aromatic N) is 2. The molecule has 2 heterocycles. The minimum absolute atomic E-state index is 0.0509. The Labute approximate surface area is 115 Å². The van der Waals surface area contributed by atoms with Crippen molar-refractivity contribution in [2.24, 2.45) is 0 Å². The van der Waals surface area contributed by atoms with E-state index >= 15 is 0 Å². The maximum absolute atomic E-state index is 11.8. The zero-order chi connectivity index (χ0) is 13.0. The number of rotatable bonds is 5. The topological polar surface area (TPSA) is 33.2 Å². The SMILES string of the molecule is C=CC(=O)N(Cc1cnsc1)Cc1csc(C)c1. The summed E-state index contributed by atoms with van der Waals surface area (Å²) in [6, 6.07) is 2.11. The summed E-state index contributed by atoms with van der Waals surface area (Å²) in [5, 5.41) is 4.05. The van der Waals surface area contributed by atoms with Crippen LogP contribution in [0.15, 0.2) is 35.7 Å². The van der Waals surface area contributed by atoms with Crippen molar-refractivity contribution in [1.29, 1.82) is 0 Å². The van der Waals surface area contributed by atoms with Crippen molar-refractivity contribution in [2.45, 2.75) is 20.0 Å². The second kappa shape index (κ2) is 5.93. The fraction of sp³-hybridized carbons (Fsp3) is 0.231. The third-order valence-electron chi connectivity index (χ3n) is 2.50. The number of amides is 1. The molecule has 0 spiro atoms. The van der Waals surface area contributed by atoms with Gasteiger partial charge in [-0.15, -0.1) is 11.3 Å². The Hall–Kier alpha value is -1.46. The van der Waals surface area contributed by atoms with E-state index in [1.54, 1.807) is 22.4 Å². The molecule has 1 amide bonds. The third-order valence-corrected chi connectivity index (χ3v) is 4.05. The first-order chi connectivity index (χ1) is 8.69. The number of carbonyl (C=O) groups is 1. The molecule has 0 saturated heterocycles. The van der Waals surface area contributed by atoms with Crippen LogP contribution in [0.4, 0.5) is 0 Å². The Morgan fingerprint density at radius 2 is 2.22 bits per heavy atom. The predicted octanol–water partition coefficient (Wildman–Crippen LogP) is 3.23. The molecule has 0 aromatic carbocycles. The molecule has 0 unspecified atom stereocenters. The minimum atomic E-state index is -0.0509. The van der Waals surface area contributed by atoms with Crippen molar-refractivity contribution in [3.63, 3.8) is 0 Å². The lowest BCUT2D eigenvalue weighted by atomic mass is 10.2. The van der Waals surface area contributed by atoms with E-state index in [-0.39, 0.29) is 5.91 Å². The fourth-order valence-electron chi connectivity index (χ4n) is 1.67. The Bertz CT molecular complexity index is 531. The van der Waals surface area contributed by atoms with Gasteiger partial charge in [-0.25, -0.2) is 4.37 Å². The van der Waals surface area contributed by atoms with Crippen LogP contribution in [0, 0.1) is 6.92 Å². The zero-order valence-electron chi connectivity index (χ0n) is 10.1. The van der Waals surface area contributed by atoms with Gasteiger partial charge in [0.25, 0.3) is 0 Å². The van der Waals surface area contributed by atoms with E-state index < -0.39 is 0 Å². The Morgan fingerprint density at radius 3 is 2.78 bits per heavy atom. The quantitative estimate of drug-likeness (QED) is 0.787. The van der Waals surface area contributed by atoms with Crippen molar-refractivity contribution in [1.82, 2.24) is 9.27 Å². The molecular weight excluding hydrogens is 264 g/mol. The monoisotopic (exact) mass is 278 g/mol. The van der Waals surface area contributed by atoms with Crippen LogP contribution in [0.25, 0.3) is 0 Å². The van der Waals surface area contributed by atoms with Gasteiger partial charge < -0.3 is 4.90 Å². The molecule has 0 bridgehead atoms. The average Bonchev–Trinajstić information content (AvgIpc) is 2.99. The lowest BCUT2D eigenvalue weighted by molar-refractivity contribution is -0.127. The lowest BCUT2D eigenvalue weighted by Gasteiger charge is -2.19. The van der Waals surface area contributed by atoms with Crippen LogP contribution in [0.1, 0.15) is 16.0 Å². The summed E-state index contributed by atoms with van der Waals surface area (Å²) in [4.78, 5) is 14.9. The molecule has 5 heteroatoms. The highest BCUT2D eigenvalue weighted by Gasteiger charge is 2.12. The predicted molar refractivity (Wildman–Crippen MR) is 75.6 cm³/mol. The van der Waals surface area contributed by atoms with E-state index in [4.69, 9.17) is 0 Å². The van der Waals surface area contributed by atoms with Gasteiger partial charge in [-0.2, -0.15) is 0 Å². The highest BCUT2D eigenvalue weighted by atomic mass is 32.1. The maximum atomic E-state index is 11.8. The van der Waals surface area contributed by atoms with Gasteiger partial charge in [0.1, 0.15) is 0 Å². The number of hydrogen-bond acceptors (Lipinski definition) is 4. The normalized spacial score (nSPS) is 10.3. The molecular formula is C13H14N2OS2. The van der Waals surface area contributed by atoms with Gasteiger partial charge in [-0.3, -0.25) is 4.79 Å². The van der Waals surface area contributed by atoms with Gasteiger partial charge in [0.15, 0.2) is 0 Å². The summed E-state index contributed by atoms with van der Waals surface area (Å²) in [7, 11) is 0. The molecule has 0 aliphatic heterocycles. The molecule has 18 heavy (non-hydrogen) atoms. The number of aromatic nitrogens is 1. The Morgan fingerprint density at radius 1 is 1.44 bits per heavy atom. The van der Waals surface area contributed by atoms with Crippen molar-refractivity contribution >= 4 is 28.8 Å². The summed E-state index contributed by atoms with van der Waals surface area (Å²) < 4.78 is 4.05. The van der Waals surface area contributed by atoms with Gasteiger partial charge in [-0.1, -0.05) is 6.58 Å². The van der Waals surface area contributed by atoms with Crippen LogP contribution in [-0.2, 0) is 17.9 Å². The van der Waals surface area contributed by atoms with Crippen molar-refractivity contribution in [3.05, 3.63) is 51.7 Å². The van der Waals surface area contributed by atoms with Crippen molar-refractivity contribution in [2.75, 3.05) is 0 Å². The Kier molecular flexibility index (Phi) is 4.28. The first kappa shape index (κ1) is 13.0. The second-order valence-corrected chi connectivity index (χ2v) is 5.77. The van der Waals surface area contributed by atoms with Gasteiger partial charge >= 0.3 is 0 Å². The molecule has 0 N–H and O–H groups in total. The number of hydrogen-bond donors (Lipinski definition) is 0. The van der Waals surface area contributed by atoms with Crippen LogP contribution in [0.5, 0.6) is 0 Å². The summed E-state index contributed by atoms with van der Waals surface area (Å²) in [6.45, 7) is 6.82. The van der Waals surface area contributed by atoms with Crippen molar-refractivity contribution < 1.29 is 4.79 Å². The number of thiophene rings is 1. The second-order valence-electron chi connectivity index (χ2n) is 4.00. The molecule has 0 atom stereocenters. The standard InChI is InChI=1S/C13H14N2OS2/c1-3-13(16)15(7-12-5-14-18-9-12)6-11-4-10(2)17-8-11/h3-5,8-9H,1,6-7H2,2H3. The highest BCUT2D eigenvalue weighted by molar-refractivity contribution is 7.10. The molecule has 3 nitrogen and oxygen atoms in total. The van der Waals surface area contributed by atoms with E-state index in [0.717, 1.165) is 11.1 Å². The molecule has 0 aliphatic carbocycles. The molecule has 0 saturated carbocycles. The van der Waals surface area contributed by atoms with E-state index in [9.17, 15) is 4.79 Å². The first-order valence-electron chi connectivity index (χ1n) is 5.52. The molecule has 0 fully saturated rings. The average molecular weight is 278 g/mol. The molecule has 2 aromatic heterocycles. The van der Waals surface area contributed by atoms with Crippen LogP contribution in [-0.4, -0.2) is 15.2 Å². The van der Waals surface area contributed by atoms with E-state index in [0.29, 0.717) is 13.1 Å². The van der Waals surface area contributed by atoms with Crippen LogP contribution in [0.2, 0.25) is 0 Å². The molecule has 0 radical (unpaired) electrons. The van der Waals surface area contributed by atoms with Crippen LogP contribution in [0.3, 0.4) is 0 Å². The molecule has 2 rings (SSSR count). The van der Waals surface area contributed by atoms with Crippen LogP contribution >= 0.6 is 22.9 Å². The summed E-state index contributed by atoms with van der Waals surface area (Å²) in [5.41, 5.74) is 2.22. The first-order valence-corrected chi connectivity index (χ1v) is 7.24.